The number of urea groups is 1. The number of carbonyl (C=O) groups excluding carboxylic acids is 2. The maximum Gasteiger partial charge on any atom is 0.416 e. The van der Waals surface area contributed by atoms with E-state index in [1.54, 1.807) is 37.3 Å². The fraction of sp³-hybridized carbons (Fsp3) is 0.231. The van der Waals surface area contributed by atoms with Crippen molar-refractivity contribution in [2.45, 2.75) is 31.8 Å². The number of rotatable bonds is 9. The molecule has 12 nitrogen and oxygen atoms in total. The Morgan fingerprint density at radius 2 is 1.88 bits per heavy atom. The summed E-state index contributed by atoms with van der Waals surface area (Å²) in [6.07, 6.45) is -5.23. The number of para-hydroxylation sites is 1. The number of carbonyl (C=O) groups is 2. The number of nitrogens with zero attached hydrogens (tertiary/aromatic N) is 5. The molecule has 2 aromatic heterocycles. The summed E-state index contributed by atoms with van der Waals surface area (Å²) in [5.41, 5.74) is 1.25. The molecule has 16 heteroatoms. The van der Waals surface area contributed by atoms with Crippen LogP contribution in [0, 0.1) is 5.41 Å². The van der Waals surface area contributed by atoms with Gasteiger partial charge in [0.25, 0.3) is 5.91 Å². The van der Waals surface area contributed by atoms with Crippen LogP contribution in [0.4, 0.5) is 18.0 Å². The minimum absolute atomic E-state index is 0.0591. The van der Waals surface area contributed by atoms with Gasteiger partial charge in [0.05, 0.1) is 30.4 Å². The van der Waals surface area contributed by atoms with Gasteiger partial charge in [-0.25, -0.2) is 14.5 Å². The van der Waals surface area contributed by atoms with Crippen LogP contribution in [0.5, 0.6) is 0 Å². The van der Waals surface area contributed by atoms with Crippen LogP contribution in [0.15, 0.2) is 71.7 Å². The summed E-state index contributed by atoms with van der Waals surface area (Å²) in [5, 5.41) is 31.5. The number of aliphatic hydroxyl groups is 1. The number of aromatic nitrogens is 4. The number of hydrogen-bond donors (Lipinski definition) is 4. The van der Waals surface area contributed by atoms with Crippen LogP contribution in [0.1, 0.15) is 40.4 Å². The third kappa shape index (κ3) is 7.30. The minimum atomic E-state index is -5.02. The van der Waals surface area contributed by atoms with E-state index in [-0.39, 0.29) is 23.5 Å². The summed E-state index contributed by atoms with van der Waals surface area (Å²) in [7, 11) is 0. The van der Waals surface area contributed by atoms with E-state index in [2.05, 4.69) is 25.9 Å². The van der Waals surface area contributed by atoms with Gasteiger partial charge in [-0.2, -0.15) is 13.2 Å². The Balaban J connectivity index is 1.47. The van der Waals surface area contributed by atoms with Gasteiger partial charge in [-0.05, 0) is 43.3 Å². The Hall–Kier alpha value is -4.76. The van der Waals surface area contributed by atoms with Gasteiger partial charge in [0.2, 0.25) is 0 Å². The molecule has 3 amide bonds. The van der Waals surface area contributed by atoms with Crippen molar-refractivity contribution in [2.24, 2.45) is 0 Å². The van der Waals surface area contributed by atoms with Crippen LogP contribution >= 0.6 is 11.6 Å². The summed E-state index contributed by atoms with van der Waals surface area (Å²) in [6.45, 7) is 0.169. The number of benzene rings is 2. The molecule has 4 aromatic rings. The average molecular weight is 605 g/mol. The summed E-state index contributed by atoms with van der Waals surface area (Å²) in [4.78, 5) is 30.5. The second-order valence-corrected chi connectivity index (χ2v) is 9.36. The molecule has 1 unspecified atom stereocenters. The lowest BCUT2D eigenvalue weighted by Gasteiger charge is -2.26. The fourth-order valence-electron chi connectivity index (χ4n) is 3.72. The van der Waals surface area contributed by atoms with Crippen molar-refractivity contribution >= 4 is 29.4 Å². The zero-order valence-corrected chi connectivity index (χ0v) is 22.6. The topological polar surface area (TPSA) is 162 Å². The molecule has 2 heterocycles. The van der Waals surface area contributed by atoms with Crippen LogP contribution in [0.25, 0.3) is 5.69 Å². The van der Waals surface area contributed by atoms with Gasteiger partial charge in [0, 0.05) is 16.7 Å². The van der Waals surface area contributed by atoms with E-state index >= 15 is 0 Å². The first-order chi connectivity index (χ1) is 19.9. The van der Waals surface area contributed by atoms with Crippen molar-refractivity contribution in [3.63, 3.8) is 0 Å². The molecular weight excluding hydrogens is 581 g/mol. The van der Waals surface area contributed by atoms with Gasteiger partial charge in [0.15, 0.2) is 11.9 Å². The first-order valence-electron chi connectivity index (χ1n) is 12.3. The van der Waals surface area contributed by atoms with Gasteiger partial charge in [-0.3, -0.25) is 15.1 Å². The largest absolute Gasteiger partial charge is 0.416 e. The quantitative estimate of drug-likeness (QED) is 0.166. The van der Waals surface area contributed by atoms with Crippen LogP contribution in [-0.4, -0.2) is 66.5 Å². The van der Waals surface area contributed by atoms with E-state index in [0.717, 1.165) is 0 Å². The second kappa shape index (κ2) is 12.8. The number of hydrogen-bond acceptors (Lipinski definition) is 8. The van der Waals surface area contributed by atoms with E-state index in [1.807, 2.05) is 0 Å². The molecule has 2 aromatic carbocycles. The summed E-state index contributed by atoms with van der Waals surface area (Å²) in [5.74, 6) is -0.958. The predicted molar refractivity (Wildman–Crippen MR) is 143 cm³/mol. The highest BCUT2D eigenvalue weighted by Gasteiger charge is 2.41. The fourth-order valence-corrected chi connectivity index (χ4v) is 3.85. The molecule has 0 aliphatic rings. The number of nitrogens with one attached hydrogen (secondary N) is 3. The number of aliphatic hydroxyl groups excluding tert-OH is 1. The zero-order chi connectivity index (χ0) is 30.4. The molecule has 2 atom stereocenters. The normalized spacial score (nSPS) is 12.8. The minimum Gasteiger partial charge on any atom is -0.382 e. The van der Waals surface area contributed by atoms with Crippen LogP contribution in [0.3, 0.4) is 0 Å². The highest BCUT2D eigenvalue weighted by Crippen LogP contribution is 2.22. The van der Waals surface area contributed by atoms with Crippen molar-refractivity contribution in [3.8, 4) is 5.69 Å². The highest BCUT2D eigenvalue weighted by molar-refractivity contribution is 6.30. The van der Waals surface area contributed by atoms with Crippen molar-refractivity contribution in [1.82, 2.24) is 35.5 Å². The Kier molecular flexibility index (Phi) is 9.22. The lowest BCUT2D eigenvalue weighted by molar-refractivity contribution is -0.204. The molecule has 0 radical (unpaired) electrons. The summed E-state index contributed by atoms with van der Waals surface area (Å²) in [6, 6.07) is 12.2. The molecular formula is C26H24ClF3N8O4. The molecule has 0 spiro atoms. The SMILES string of the molecule is CC(NC(=O)c1ccccc1-n1cnc(CNC(=O)N(C[C@H](O)C(F)(F)F)C(=N)c2ccc(Cl)cc2)n1)c1ccon1. The molecule has 4 N–H and O–H groups in total. The molecule has 0 bridgehead atoms. The predicted octanol–water partition coefficient (Wildman–Crippen LogP) is 3.86. The van der Waals surface area contributed by atoms with Gasteiger partial charge < -0.3 is 20.3 Å². The summed E-state index contributed by atoms with van der Waals surface area (Å²) < 4.78 is 45.4. The van der Waals surface area contributed by atoms with Gasteiger partial charge >= 0.3 is 12.2 Å². The number of alkyl halides is 3. The zero-order valence-electron chi connectivity index (χ0n) is 21.8. The maximum absolute atomic E-state index is 13.1. The van der Waals surface area contributed by atoms with Crippen LogP contribution in [-0.2, 0) is 6.54 Å². The first kappa shape index (κ1) is 30.2. The van der Waals surface area contributed by atoms with E-state index < -0.39 is 42.6 Å². The third-order valence-corrected chi connectivity index (χ3v) is 6.20. The standard InChI is InChI=1S/C26H24ClF3N8O4/c1-15(19-10-11-42-36-19)34-24(40)18-4-2-3-5-20(18)38-14-33-22(35-38)12-32-25(41)37(13-21(39)26(28,29)30)23(31)16-6-8-17(27)9-7-16/h2-11,14-15,21,31,39H,12-13H2,1H3,(H,32,41)(H,34,40)/t15?,21-/m0/s1. The Labute approximate surface area is 241 Å². The molecule has 0 saturated carbocycles. The van der Waals surface area contributed by atoms with Gasteiger partial charge in [-0.15, -0.1) is 5.10 Å². The number of amides is 3. The van der Waals surface area contributed by atoms with Crippen LogP contribution < -0.4 is 10.6 Å². The molecule has 0 fully saturated rings. The molecule has 42 heavy (non-hydrogen) atoms. The average Bonchev–Trinajstić information content (AvgIpc) is 3.67. The van der Waals surface area contributed by atoms with Crippen molar-refractivity contribution < 1.29 is 32.4 Å². The summed E-state index contributed by atoms with van der Waals surface area (Å²) >= 11 is 5.84. The Morgan fingerprint density at radius 1 is 1.17 bits per heavy atom. The molecule has 220 valence electrons. The first-order valence-corrected chi connectivity index (χ1v) is 12.7. The number of amidine groups is 1. The maximum atomic E-state index is 13.1. The van der Waals surface area contributed by atoms with Gasteiger partial charge in [-0.1, -0.05) is 28.9 Å². The second-order valence-electron chi connectivity index (χ2n) is 8.92. The Morgan fingerprint density at radius 3 is 2.55 bits per heavy atom. The number of halogens is 4. The molecule has 4 rings (SSSR count). The van der Waals surface area contributed by atoms with Gasteiger partial charge in [0.1, 0.15) is 24.1 Å². The monoisotopic (exact) mass is 604 g/mol. The van der Waals surface area contributed by atoms with E-state index in [4.69, 9.17) is 21.5 Å². The molecule has 0 aliphatic carbocycles. The lowest BCUT2D eigenvalue weighted by atomic mass is 10.1. The molecule has 0 aliphatic heterocycles. The van der Waals surface area contributed by atoms with Crippen LogP contribution in [0.2, 0.25) is 5.02 Å². The highest BCUT2D eigenvalue weighted by atomic mass is 35.5. The third-order valence-electron chi connectivity index (χ3n) is 5.95. The van der Waals surface area contributed by atoms with E-state index in [1.165, 1.54) is 41.5 Å². The lowest BCUT2D eigenvalue weighted by Crippen LogP contribution is -2.50. The smallest absolute Gasteiger partial charge is 0.382 e. The van der Waals surface area contributed by atoms with Crippen molar-refractivity contribution in [2.75, 3.05) is 6.54 Å². The van der Waals surface area contributed by atoms with Crippen molar-refractivity contribution in [1.29, 1.82) is 5.41 Å². The molecule has 0 saturated heterocycles. The van der Waals surface area contributed by atoms with E-state index in [9.17, 15) is 27.9 Å². The van der Waals surface area contributed by atoms with Crippen molar-refractivity contribution in [3.05, 3.63) is 94.9 Å². The Bertz CT molecular complexity index is 1540. The van der Waals surface area contributed by atoms with E-state index in [0.29, 0.717) is 21.3 Å².